The van der Waals surface area contributed by atoms with Crippen molar-refractivity contribution in [1.29, 1.82) is 0 Å². The van der Waals surface area contributed by atoms with Crippen LogP contribution in [0.2, 0.25) is 0 Å². The van der Waals surface area contributed by atoms with Crippen molar-refractivity contribution in [2.24, 2.45) is 0 Å². The lowest BCUT2D eigenvalue weighted by Crippen LogP contribution is -2.15. The normalized spacial score (nSPS) is 10.5. The summed E-state index contributed by atoms with van der Waals surface area (Å²) in [6, 6.07) is 17.9. The molecule has 142 valence electrons. The fourth-order valence-corrected chi connectivity index (χ4v) is 2.98. The van der Waals surface area contributed by atoms with Crippen molar-refractivity contribution >= 4 is 39.9 Å². The number of aryl methyl sites for hydroxylation is 1. The molecule has 0 aliphatic carbocycles. The molecule has 0 radical (unpaired) electrons. The number of carbonyl (C=O) groups is 3. The van der Waals surface area contributed by atoms with Gasteiger partial charge in [0, 0.05) is 19.0 Å². The minimum atomic E-state index is -1.08. The Morgan fingerprint density at radius 3 is 2.36 bits per heavy atom. The molecule has 28 heavy (non-hydrogen) atoms. The first-order valence-corrected chi connectivity index (χ1v) is 8.85. The average molecular weight is 376 g/mol. The molecule has 2 amide bonds. The van der Waals surface area contributed by atoms with E-state index in [0.717, 1.165) is 22.0 Å². The minimum absolute atomic E-state index is 0.0662. The number of carbonyl (C=O) groups excluding carboxylic acids is 2. The number of para-hydroxylation sites is 1. The molecule has 0 aromatic heterocycles. The van der Waals surface area contributed by atoms with E-state index in [0.29, 0.717) is 12.1 Å². The largest absolute Gasteiger partial charge is 0.478 e. The van der Waals surface area contributed by atoms with Crippen LogP contribution < -0.4 is 10.6 Å². The zero-order chi connectivity index (χ0) is 20.1. The predicted molar refractivity (Wildman–Crippen MR) is 109 cm³/mol. The molecule has 6 nitrogen and oxygen atoms in total. The van der Waals surface area contributed by atoms with Gasteiger partial charge in [-0.3, -0.25) is 9.59 Å². The lowest BCUT2D eigenvalue weighted by atomic mass is 10.0. The molecule has 0 atom stereocenters. The molecule has 0 unspecified atom stereocenters. The minimum Gasteiger partial charge on any atom is -0.478 e. The summed E-state index contributed by atoms with van der Waals surface area (Å²) in [7, 11) is 0. The summed E-state index contributed by atoms with van der Waals surface area (Å²) in [5.41, 5.74) is 2.10. The maximum absolute atomic E-state index is 12.2. The van der Waals surface area contributed by atoms with Crippen LogP contribution in [0, 0.1) is 0 Å². The Kier molecular flexibility index (Phi) is 5.69. The maximum Gasteiger partial charge on any atom is 0.337 e. The third-order valence-corrected chi connectivity index (χ3v) is 4.30. The Bertz CT molecular complexity index is 1060. The summed E-state index contributed by atoms with van der Waals surface area (Å²) >= 11 is 0. The summed E-state index contributed by atoms with van der Waals surface area (Å²) in [4.78, 5) is 34.6. The van der Waals surface area contributed by atoms with Crippen molar-refractivity contribution in [2.45, 2.75) is 19.8 Å². The van der Waals surface area contributed by atoms with E-state index in [2.05, 4.69) is 10.6 Å². The number of anilines is 2. The van der Waals surface area contributed by atoms with E-state index >= 15 is 0 Å². The standard InChI is InChI=1S/C22H20N2O4/c1-14(25)23-18-10-9-16-12-15(6-8-17(16)13-18)7-11-21(26)24-20-5-3-2-4-19(20)22(27)28/h2-6,8-10,12-13H,7,11H2,1H3,(H,23,25)(H,24,26)(H,27,28). The van der Waals surface area contributed by atoms with Crippen molar-refractivity contribution < 1.29 is 19.5 Å². The highest BCUT2D eigenvalue weighted by molar-refractivity contribution is 6.00. The quantitative estimate of drug-likeness (QED) is 0.604. The van der Waals surface area contributed by atoms with Crippen molar-refractivity contribution in [3.63, 3.8) is 0 Å². The second-order valence-corrected chi connectivity index (χ2v) is 6.48. The molecule has 3 aromatic carbocycles. The first-order chi connectivity index (χ1) is 13.4. The topological polar surface area (TPSA) is 95.5 Å². The summed E-state index contributed by atoms with van der Waals surface area (Å²) < 4.78 is 0. The Morgan fingerprint density at radius 1 is 0.893 bits per heavy atom. The molecule has 6 heteroatoms. The van der Waals surface area contributed by atoms with Crippen LogP contribution in [0.15, 0.2) is 60.7 Å². The van der Waals surface area contributed by atoms with Gasteiger partial charge in [0.15, 0.2) is 0 Å². The third kappa shape index (κ3) is 4.73. The number of benzene rings is 3. The van der Waals surface area contributed by atoms with Gasteiger partial charge >= 0.3 is 5.97 Å². The zero-order valence-electron chi connectivity index (χ0n) is 15.4. The highest BCUT2D eigenvalue weighted by Gasteiger charge is 2.11. The van der Waals surface area contributed by atoms with Crippen molar-refractivity contribution in [1.82, 2.24) is 0 Å². The van der Waals surface area contributed by atoms with Gasteiger partial charge in [0.25, 0.3) is 0 Å². The predicted octanol–water partition coefficient (Wildman–Crippen LogP) is 4.07. The van der Waals surface area contributed by atoms with Crippen molar-refractivity contribution in [3.8, 4) is 0 Å². The molecule has 0 bridgehead atoms. The SMILES string of the molecule is CC(=O)Nc1ccc2cc(CCC(=O)Nc3ccccc3C(=O)O)ccc2c1. The van der Waals surface area contributed by atoms with E-state index in [9.17, 15) is 19.5 Å². The fourth-order valence-electron chi connectivity index (χ4n) is 2.98. The summed E-state index contributed by atoms with van der Waals surface area (Å²) in [5.74, 6) is -1.44. The Balaban J connectivity index is 1.65. The smallest absolute Gasteiger partial charge is 0.337 e. The van der Waals surface area contributed by atoms with Gasteiger partial charge in [-0.25, -0.2) is 4.79 Å². The van der Waals surface area contributed by atoms with E-state index in [1.54, 1.807) is 18.2 Å². The molecule has 0 heterocycles. The number of rotatable bonds is 6. The fraction of sp³-hybridized carbons (Fsp3) is 0.136. The van der Waals surface area contributed by atoms with Gasteiger partial charge in [-0.2, -0.15) is 0 Å². The van der Waals surface area contributed by atoms with E-state index in [4.69, 9.17) is 0 Å². The number of aromatic carboxylic acids is 1. The van der Waals surface area contributed by atoms with Crippen LogP contribution in [0.1, 0.15) is 29.3 Å². The monoisotopic (exact) mass is 376 g/mol. The summed E-state index contributed by atoms with van der Waals surface area (Å²) in [6.07, 6.45) is 0.772. The van der Waals surface area contributed by atoms with Gasteiger partial charge in [0.05, 0.1) is 11.3 Å². The first kappa shape index (κ1) is 19.1. The van der Waals surface area contributed by atoms with Gasteiger partial charge in [-0.05, 0) is 47.0 Å². The second-order valence-electron chi connectivity index (χ2n) is 6.48. The van der Waals surface area contributed by atoms with Crippen LogP contribution >= 0.6 is 0 Å². The number of amides is 2. The number of hydrogen-bond acceptors (Lipinski definition) is 3. The highest BCUT2D eigenvalue weighted by atomic mass is 16.4. The molecule has 0 saturated heterocycles. The molecule has 0 saturated carbocycles. The van der Waals surface area contributed by atoms with Crippen LogP contribution in [0.5, 0.6) is 0 Å². The Labute approximate surface area is 162 Å². The van der Waals surface area contributed by atoms with E-state index < -0.39 is 5.97 Å². The molecule has 3 rings (SSSR count). The molecular formula is C22H20N2O4. The molecule has 3 N–H and O–H groups in total. The number of nitrogens with one attached hydrogen (secondary N) is 2. The Morgan fingerprint density at radius 2 is 1.61 bits per heavy atom. The van der Waals surface area contributed by atoms with Gasteiger partial charge in [-0.1, -0.05) is 36.4 Å². The molecule has 0 spiro atoms. The number of carboxylic acid groups (broad SMARTS) is 1. The lowest BCUT2D eigenvalue weighted by Gasteiger charge is -2.09. The number of fused-ring (bicyclic) bond motifs is 1. The van der Waals surface area contributed by atoms with Crippen LogP contribution in [-0.4, -0.2) is 22.9 Å². The number of hydrogen-bond donors (Lipinski definition) is 3. The Hall–Kier alpha value is -3.67. The van der Waals surface area contributed by atoms with Crippen molar-refractivity contribution in [2.75, 3.05) is 10.6 Å². The van der Waals surface area contributed by atoms with E-state index in [-0.39, 0.29) is 23.8 Å². The van der Waals surface area contributed by atoms with E-state index in [1.807, 2.05) is 36.4 Å². The molecule has 0 aliphatic rings. The highest BCUT2D eigenvalue weighted by Crippen LogP contribution is 2.22. The van der Waals surface area contributed by atoms with Crippen LogP contribution in [-0.2, 0) is 16.0 Å². The number of carboxylic acids is 1. The van der Waals surface area contributed by atoms with Crippen molar-refractivity contribution in [3.05, 3.63) is 71.8 Å². The van der Waals surface area contributed by atoms with Gasteiger partial charge < -0.3 is 15.7 Å². The van der Waals surface area contributed by atoms with Gasteiger partial charge in [0.2, 0.25) is 11.8 Å². The van der Waals surface area contributed by atoms with E-state index in [1.165, 1.54) is 13.0 Å². The maximum atomic E-state index is 12.2. The van der Waals surface area contributed by atoms with Crippen LogP contribution in [0.25, 0.3) is 10.8 Å². The zero-order valence-corrected chi connectivity index (χ0v) is 15.4. The third-order valence-electron chi connectivity index (χ3n) is 4.30. The van der Waals surface area contributed by atoms with Crippen LogP contribution in [0.4, 0.5) is 11.4 Å². The molecule has 0 aliphatic heterocycles. The second kappa shape index (κ2) is 8.35. The van der Waals surface area contributed by atoms with Gasteiger partial charge in [-0.15, -0.1) is 0 Å². The molecule has 3 aromatic rings. The first-order valence-electron chi connectivity index (χ1n) is 8.85. The van der Waals surface area contributed by atoms with Gasteiger partial charge in [0.1, 0.15) is 0 Å². The summed E-state index contributed by atoms with van der Waals surface area (Å²) in [6.45, 7) is 1.47. The lowest BCUT2D eigenvalue weighted by molar-refractivity contribution is -0.116. The molecular weight excluding hydrogens is 356 g/mol. The molecule has 0 fully saturated rings. The average Bonchev–Trinajstić information content (AvgIpc) is 2.66. The summed E-state index contributed by atoms with van der Waals surface area (Å²) in [5, 5.41) is 16.6. The van der Waals surface area contributed by atoms with Crippen LogP contribution in [0.3, 0.4) is 0 Å².